The SMILES string of the molecule is COc1cc(C(C)(C)C)ccc1CC(C)CO. The summed E-state index contributed by atoms with van der Waals surface area (Å²) in [4.78, 5) is 0. The highest BCUT2D eigenvalue weighted by Gasteiger charge is 2.16. The molecule has 96 valence electrons. The topological polar surface area (TPSA) is 29.5 Å². The zero-order valence-corrected chi connectivity index (χ0v) is 11.6. The average molecular weight is 236 g/mol. The van der Waals surface area contributed by atoms with Gasteiger partial charge in [-0.05, 0) is 34.9 Å². The molecule has 2 nitrogen and oxygen atoms in total. The van der Waals surface area contributed by atoms with Gasteiger partial charge in [0.15, 0.2) is 0 Å². The predicted octanol–water partition coefficient (Wildman–Crippen LogP) is 3.16. The van der Waals surface area contributed by atoms with E-state index in [1.807, 2.05) is 6.92 Å². The number of aliphatic hydroxyl groups is 1. The number of aliphatic hydroxyl groups excluding tert-OH is 1. The van der Waals surface area contributed by atoms with Crippen LogP contribution in [-0.2, 0) is 11.8 Å². The lowest BCUT2D eigenvalue weighted by Gasteiger charge is -2.21. The van der Waals surface area contributed by atoms with Crippen LogP contribution in [0.4, 0.5) is 0 Å². The third-order valence-corrected chi connectivity index (χ3v) is 3.03. The highest BCUT2D eigenvalue weighted by Crippen LogP contribution is 2.29. The molecule has 1 atom stereocenters. The lowest BCUT2D eigenvalue weighted by Crippen LogP contribution is -2.12. The molecule has 1 aromatic rings. The van der Waals surface area contributed by atoms with E-state index < -0.39 is 0 Å². The third kappa shape index (κ3) is 3.74. The maximum absolute atomic E-state index is 9.10. The summed E-state index contributed by atoms with van der Waals surface area (Å²) < 4.78 is 5.44. The van der Waals surface area contributed by atoms with E-state index in [9.17, 15) is 0 Å². The van der Waals surface area contributed by atoms with Crippen molar-refractivity contribution in [3.8, 4) is 5.75 Å². The maximum atomic E-state index is 9.10. The van der Waals surface area contributed by atoms with E-state index in [-0.39, 0.29) is 17.9 Å². The molecule has 0 saturated carbocycles. The van der Waals surface area contributed by atoms with Gasteiger partial charge in [-0.1, -0.05) is 39.8 Å². The van der Waals surface area contributed by atoms with Crippen LogP contribution in [0.2, 0.25) is 0 Å². The fraction of sp³-hybridized carbons (Fsp3) is 0.600. The summed E-state index contributed by atoms with van der Waals surface area (Å²) in [5.41, 5.74) is 2.57. The molecule has 0 radical (unpaired) electrons. The number of rotatable bonds is 4. The summed E-state index contributed by atoms with van der Waals surface area (Å²) in [6.45, 7) is 8.83. The maximum Gasteiger partial charge on any atom is 0.122 e. The third-order valence-electron chi connectivity index (χ3n) is 3.03. The quantitative estimate of drug-likeness (QED) is 0.870. The summed E-state index contributed by atoms with van der Waals surface area (Å²) >= 11 is 0. The Bertz CT molecular complexity index is 364. The summed E-state index contributed by atoms with van der Waals surface area (Å²) in [5.74, 6) is 1.20. The number of hydrogen-bond acceptors (Lipinski definition) is 2. The van der Waals surface area contributed by atoms with Gasteiger partial charge in [0.25, 0.3) is 0 Å². The van der Waals surface area contributed by atoms with Crippen molar-refractivity contribution in [2.45, 2.75) is 39.5 Å². The molecule has 0 fully saturated rings. The monoisotopic (exact) mass is 236 g/mol. The van der Waals surface area contributed by atoms with Crippen molar-refractivity contribution in [3.63, 3.8) is 0 Å². The molecule has 1 rings (SSSR count). The Morgan fingerprint density at radius 3 is 2.41 bits per heavy atom. The van der Waals surface area contributed by atoms with E-state index >= 15 is 0 Å². The lowest BCUT2D eigenvalue weighted by molar-refractivity contribution is 0.236. The van der Waals surface area contributed by atoms with Crippen LogP contribution >= 0.6 is 0 Å². The Labute approximate surface area is 105 Å². The van der Waals surface area contributed by atoms with Crippen LogP contribution in [0.15, 0.2) is 18.2 Å². The van der Waals surface area contributed by atoms with E-state index in [2.05, 4.69) is 39.0 Å². The first-order chi connectivity index (χ1) is 7.88. The van der Waals surface area contributed by atoms with Gasteiger partial charge in [0.2, 0.25) is 0 Å². The fourth-order valence-electron chi connectivity index (χ4n) is 1.82. The highest BCUT2D eigenvalue weighted by atomic mass is 16.5. The van der Waals surface area contributed by atoms with Crippen LogP contribution in [0.3, 0.4) is 0 Å². The Morgan fingerprint density at radius 2 is 1.94 bits per heavy atom. The fourth-order valence-corrected chi connectivity index (χ4v) is 1.82. The second-order valence-electron chi connectivity index (χ2n) is 5.77. The minimum absolute atomic E-state index is 0.133. The van der Waals surface area contributed by atoms with Crippen molar-refractivity contribution in [1.29, 1.82) is 0 Å². The van der Waals surface area contributed by atoms with E-state index in [4.69, 9.17) is 9.84 Å². The van der Waals surface area contributed by atoms with E-state index in [0.717, 1.165) is 12.2 Å². The van der Waals surface area contributed by atoms with Crippen LogP contribution in [0.25, 0.3) is 0 Å². The first-order valence-electron chi connectivity index (χ1n) is 6.16. The number of benzene rings is 1. The predicted molar refractivity (Wildman–Crippen MR) is 71.6 cm³/mol. The summed E-state index contributed by atoms with van der Waals surface area (Å²) in [6, 6.07) is 6.38. The molecule has 1 unspecified atom stereocenters. The van der Waals surface area contributed by atoms with Gasteiger partial charge >= 0.3 is 0 Å². The van der Waals surface area contributed by atoms with Crippen molar-refractivity contribution in [2.75, 3.05) is 13.7 Å². The Balaban J connectivity index is 3.01. The Hall–Kier alpha value is -1.02. The second kappa shape index (κ2) is 5.54. The molecular formula is C15H24O2. The molecule has 0 heterocycles. The standard InChI is InChI=1S/C15H24O2/c1-11(10-16)8-12-6-7-13(15(2,3)4)9-14(12)17-5/h6-7,9,11,16H,8,10H2,1-5H3. The van der Waals surface area contributed by atoms with E-state index in [1.165, 1.54) is 11.1 Å². The molecule has 0 saturated heterocycles. The van der Waals surface area contributed by atoms with Crippen LogP contribution in [0, 0.1) is 5.92 Å². The number of methoxy groups -OCH3 is 1. The lowest BCUT2D eigenvalue weighted by atomic mass is 9.85. The molecule has 0 spiro atoms. The highest BCUT2D eigenvalue weighted by molar-refractivity contribution is 5.40. The zero-order chi connectivity index (χ0) is 13.1. The van der Waals surface area contributed by atoms with Crippen molar-refractivity contribution >= 4 is 0 Å². The molecule has 2 heteroatoms. The molecular weight excluding hydrogens is 212 g/mol. The van der Waals surface area contributed by atoms with Gasteiger partial charge in [-0.15, -0.1) is 0 Å². The van der Waals surface area contributed by atoms with Gasteiger partial charge in [0.05, 0.1) is 7.11 Å². The van der Waals surface area contributed by atoms with Crippen LogP contribution in [-0.4, -0.2) is 18.8 Å². The molecule has 17 heavy (non-hydrogen) atoms. The molecule has 0 aliphatic heterocycles. The molecule has 1 aromatic carbocycles. The van der Waals surface area contributed by atoms with Crippen LogP contribution in [0.1, 0.15) is 38.8 Å². The smallest absolute Gasteiger partial charge is 0.122 e. The Kier molecular flexibility index (Phi) is 4.58. The molecule has 0 aliphatic rings. The van der Waals surface area contributed by atoms with Gasteiger partial charge in [-0.25, -0.2) is 0 Å². The van der Waals surface area contributed by atoms with Crippen LogP contribution < -0.4 is 4.74 Å². The Morgan fingerprint density at radius 1 is 1.29 bits per heavy atom. The molecule has 0 aromatic heterocycles. The summed E-state index contributed by atoms with van der Waals surface area (Å²) in [7, 11) is 1.70. The minimum Gasteiger partial charge on any atom is -0.496 e. The number of hydrogen-bond donors (Lipinski definition) is 1. The second-order valence-corrected chi connectivity index (χ2v) is 5.77. The summed E-state index contributed by atoms with van der Waals surface area (Å²) in [6.07, 6.45) is 0.851. The van der Waals surface area contributed by atoms with Gasteiger partial charge in [0, 0.05) is 6.61 Å². The van der Waals surface area contributed by atoms with Gasteiger partial charge in [0.1, 0.15) is 5.75 Å². The first-order valence-corrected chi connectivity index (χ1v) is 6.16. The largest absolute Gasteiger partial charge is 0.496 e. The van der Waals surface area contributed by atoms with Crippen molar-refractivity contribution < 1.29 is 9.84 Å². The average Bonchev–Trinajstić information content (AvgIpc) is 2.27. The zero-order valence-electron chi connectivity index (χ0n) is 11.6. The van der Waals surface area contributed by atoms with Gasteiger partial charge in [-0.3, -0.25) is 0 Å². The van der Waals surface area contributed by atoms with Crippen molar-refractivity contribution in [2.24, 2.45) is 5.92 Å². The molecule has 0 bridgehead atoms. The van der Waals surface area contributed by atoms with E-state index in [0.29, 0.717) is 0 Å². The van der Waals surface area contributed by atoms with E-state index in [1.54, 1.807) is 7.11 Å². The van der Waals surface area contributed by atoms with Crippen molar-refractivity contribution in [1.82, 2.24) is 0 Å². The first kappa shape index (κ1) is 14.0. The minimum atomic E-state index is 0.133. The normalized spacial score (nSPS) is 13.5. The summed E-state index contributed by atoms with van der Waals surface area (Å²) in [5, 5.41) is 9.10. The molecule has 1 N–H and O–H groups in total. The number of ether oxygens (including phenoxy) is 1. The molecule has 0 amide bonds. The van der Waals surface area contributed by atoms with Crippen LogP contribution in [0.5, 0.6) is 5.75 Å². The van der Waals surface area contributed by atoms with Gasteiger partial charge in [-0.2, -0.15) is 0 Å². The van der Waals surface area contributed by atoms with Crippen molar-refractivity contribution in [3.05, 3.63) is 29.3 Å². The molecule has 0 aliphatic carbocycles. The van der Waals surface area contributed by atoms with Gasteiger partial charge < -0.3 is 9.84 Å².